The minimum absolute atomic E-state index is 0.0742. The summed E-state index contributed by atoms with van der Waals surface area (Å²) in [5, 5.41) is 20.5. The molecule has 0 heterocycles. The Labute approximate surface area is 128 Å². The van der Waals surface area contributed by atoms with E-state index in [0.29, 0.717) is 11.3 Å². The minimum atomic E-state index is -0.108. The van der Waals surface area contributed by atoms with Crippen molar-refractivity contribution >= 4 is 0 Å². The molecule has 3 saturated carbocycles. The van der Waals surface area contributed by atoms with Gasteiger partial charge in [-0.2, -0.15) is 0 Å². The molecule has 4 rings (SSSR count). The highest BCUT2D eigenvalue weighted by molar-refractivity contribution is 5.25. The predicted molar refractivity (Wildman–Crippen MR) is 83.7 cm³/mol. The molecule has 0 saturated heterocycles. The topological polar surface area (TPSA) is 40.5 Å². The van der Waals surface area contributed by atoms with E-state index in [1.165, 1.54) is 25.7 Å². The fraction of sp³-hybridized carbons (Fsp3) is 0.895. The summed E-state index contributed by atoms with van der Waals surface area (Å²) in [7, 11) is 0. The van der Waals surface area contributed by atoms with Gasteiger partial charge in [-0.25, -0.2) is 0 Å². The lowest BCUT2D eigenvalue weighted by Crippen LogP contribution is -2.51. The van der Waals surface area contributed by atoms with Crippen LogP contribution >= 0.6 is 0 Å². The van der Waals surface area contributed by atoms with Crippen LogP contribution in [-0.2, 0) is 0 Å². The highest BCUT2D eigenvalue weighted by atomic mass is 16.3. The van der Waals surface area contributed by atoms with Gasteiger partial charge in [0.1, 0.15) is 0 Å². The third-order valence-corrected chi connectivity index (χ3v) is 8.03. The summed E-state index contributed by atoms with van der Waals surface area (Å²) < 4.78 is 0. The molecule has 2 nitrogen and oxygen atoms in total. The van der Waals surface area contributed by atoms with Gasteiger partial charge >= 0.3 is 0 Å². The van der Waals surface area contributed by atoms with Gasteiger partial charge in [0.15, 0.2) is 0 Å². The van der Waals surface area contributed by atoms with Gasteiger partial charge in [-0.15, -0.1) is 0 Å². The highest BCUT2D eigenvalue weighted by Gasteiger charge is 2.58. The molecule has 0 aliphatic heterocycles. The van der Waals surface area contributed by atoms with E-state index in [1.807, 2.05) is 0 Å². The molecule has 2 N–H and O–H groups in total. The summed E-state index contributed by atoms with van der Waals surface area (Å²) in [5.41, 5.74) is 2.05. The van der Waals surface area contributed by atoms with Crippen LogP contribution in [0.25, 0.3) is 0 Å². The van der Waals surface area contributed by atoms with Crippen molar-refractivity contribution < 1.29 is 10.2 Å². The zero-order valence-corrected chi connectivity index (χ0v) is 13.5. The third-order valence-electron chi connectivity index (χ3n) is 8.03. The first-order chi connectivity index (χ1) is 9.95. The fourth-order valence-electron chi connectivity index (χ4n) is 6.61. The summed E-state index contributed by atoms with van der Waals surface area (Å²) >= 11 is 0. The second kappa shape index (κ2) is 4.58. The minimum Gasteiger partial charge on any atom is -0.393 e. The first kappa shape index (κ1) is 14.3. The fourth-order valence-corrected chi connectivity index (χ4v) is 6.61. The molecular formula is C19H30O2. The first-order valence-corrected chi connectivity index (χ1v) is 9.01. The van der Waals surface area contributed by atoms with Gasteiger partial charge in [-0.05, 0) is 80.0 Å². The molecule has 118 valence electrons. The standard InChI is InChI=1S/C19H30O2/c1-18-9-7-13(20)11-12(18)3-4-14-15-5-6-17(21)19(15,2)10-8-16(14)18/h3,13-17,20-21H,4-11H2,1-2H3/t13-,14?,15?,16?,17-,18?,19?/m0/s1. The molecule has 5 unspecified atom stereocenters. The smallest absolute Gasteiger partial charge is 0.0596 e. The van der Waals surface area contributed by atoms with Crippen molar-refractivity contribution in [2.75, 3.05) is 0 Å². The van der Waals surface area contributed by atoms with Crippen molar-refractivity contribution in [2.45, 2.75) is 77.4 Å². The molecule has 0 amide bonds. The number of rotatable bonds is 0. The maximum Gasteiger partial charge on any atom is 0.0596 e. The van der Waals surface area contributed by atoms with Crippen LogP contribution in [0.5, 0.6) is 0 Å². The molecule has 21 heavy (non-hydrogen) atoms. The van der Waals surface area contributed by atoms with Crippen molar-refractivity contribution in [1.82, 2.24) is 0 Å². The Balaban J connectivity index is 1.68. The van der Waals surface area contributed by atoms with E-state index < -0.39 is 0 Å². The third kappa shape index (κ3) is 1.84. The summed E-state index contributed by atoms with van der Waals surface area (Å²) in [6.45, 7) is 4.81. The van der Waals surface area contributed by atoms with E-state index in [-0.39, 0.29) is 17.6 Å². The van der Waals surface area contributed by atoms with E-state index in [1.54, 1.807) is 5.57 Å². The van der Waals surface area contributed by atoms with E-state index in [2.05, 4.69) is 19.9 Å². The molecule has 0 aromatic rings. The maximum absolute atomic E-state index is 10.5. The van der Waals surface area contributed by atoms with Crippen molar-refractivity contribution in [1.29, 1.82) is 0 Å². The van der Waals surface area contributed by atoms with Crippen LogP contribution in [-0.4, -0.2) is 22.4 Å². The van der Waals surface area contributed by atoms with Gasteiger partial charge in [0, 0.05) is 0 Å². The highest BCUT2D eigenvalue weighted by Crippen LogP contribution is 2.64. The molecule has 3 fully saturated rings. The number of hydrogen-bond acceptors (Lipinski definition) is 2. The SMILES string of the molecule is CC12CC[C@H](O)CC1=CCC1C2CCC2(C)C1CC[C@@H]2O. The van der Waals surface area contributed by atoms with Crippen LogP contribution in [0.15, 0.2) is 11.6 Å². The molecule has 7 atom stereocenters. The summed E-state index contributed by atoms with van der Waals surface area (Å²) in [4.78, 5) is 0. The number of aliphatic hydroxyl groups is 2. The molecule has 0 aromatic heterocycles. The Hall–Kier alpha value is -0.340. The normalized spacial score (nSPS) is 56.2. The molecule has 0 bridgehead atoms. The second-order valence-electron chi connectivity index (χ2n) is 8.79. The largest absolute Gasteiger partial charge is 0.393 e. The quantitative estimate of drug-likeness (QED) is 0.668. The predicted octanol–water partition coefficient (Wildman–Crippen LogP) is 3.67. The van der Waals surface area contributed by atoms with E-state index in [0.717, 1.165) is 37.5 Å². The Bertz CT molecular complexity index is 470. The van der Waals surface area contributed by atoms with Crippen LogP contribution in [0.1, 0.15) is 65.2 Å². The molecule has 0 radical (unpaired) electrons. The molecule has 2 heteroatoms. The van der Waals surface area contributed by atoms with Crippen LogP contribution in [0.4, 0.5) is 0 Å². The number of aliphatic hydroxyl groups excluding tert-OH is 2. The Morgan fingerprint density at radius 1 is 1.00 bits per heavy atom. The number of hydrogen-bond donors (Lipinski definition) is 2. The van der Waals surface area contributed by atoms with Crippen LogP contribution < -0.4 is 0 Å². The zero-order chi connectivity index (χ0) is 14.8. The van der Waals surface area contributed by atoms with Crippen molar-refractivity contribution in [2.24, 2.45) is 28.6 Å². The second-order valence-corrected chi connectivity index (χ2v) is 8.79. The van der Waals surface area contributed by atoms with Gasteiger partial charge in [0.2, 0.25) is 0 Å². The molecule has 0 spiro atoms. The van der Waals surface area contributed by atoms with Gasteiger partial charge in [0.05, 0.1) is 12.2 Å². The van der Waals surface area contributed by atoms with Crippen molar-refractivity contribution in [3.8, 4) is 0 Å². The average molecular weight is 290 g/mol. The van der Waals surface area contributed by atoms with Gasteiger partial charge in [0.25, 0.3) is 0 Å². The lowest BCUT2D eigenvalue weighted by Gasteiger charge is -2.57. The van der Waals surface area contributed by atoms with Crippen molar-refractivity contribution in [3.05, 3.63) is 11.6 Å². The lowest BCUT2D eigenvalue weighted by molar-refractivity contribution is -0.0711. The molecule has 0 aromatic carbocycles. The summed E-state index contributed by atoms with van der Waals surface area (Å²) in [5.74, 6) is 2.27. The monoisotopic (exact) mass is 290 g/mol. The maximum atomic E-state index is 10.5. The van der Waals surface area contributed by atoms with E-state index in [9.17, 15) is 10.2 Å². The van der Waals surface area contributed by atoms with Gasteiger partial charge < -0.3 is 10.2 Å². The van der Waals surface area contributed by atoms with Crippen LogP contribution in [0.2, 0.25) is 0 Å². The Morgan fingerprint density at radius 2 is 1.81 bits per heavy atom. The summed E-state index contributed by atoms with van der Waals surface area (Å²) in [6.07, 6.45) is 11.2. The van der Waals surface area contributed by atoms with Crippen LogP contribution in [0.3, 0.4) is 0 Å². The van der Waals surface area contributed by atoms with E-state index in [4.69, 9.17) is 0 Å². The van der Waals surface area contributed by atoms with E-state index >= 15 is 0 Å². The van der Waals surface area contributed by atoms with Crippen LogP contribution in [0, 0.1) is 28.6 Å². The number of allylic oxidation sites excluding steroid dienone is 1. The molecule has 4 aliphatic carbocycles. The Kier molecular flexibility index (Phi) is 3.11. The average Bonchev–Trinajstić information content (AvgIpc) is 2.76. The zero-order valence-electron chi connectivity index (χ0n) is 13.5. The lowest BCUT2D eigenvalue weighted by atomic mass is 9.48. The molecular weight excluding hydrogens is 260 g/mol. The molecule has 4 aliphatic rings. The Morgan fingerprint density at radius 3 is 2.62 bits per heavy atom. The van der Waals surface area contributed by atoms with Gasteiger partial charge in [-0.3, -0.25) is 0 Å². The van der Waals surface area contributed by atoms with Crippen molar-refractivity contribution in [3.63, 3.8) is 0 Å². The first-order valence-electron chi connectivity index (χ1n) is 9.01. The summed E-state index contributed by atoms with van der Waals surface area (Å²) in [6, 6.07) is 0. The van der Waals surface area contributed by atoms with Gasteiger partial charge in [-0.1, -0.05) is 25.5 Å². The number of fused-ring (bicyclic) bond motifs is 5.